The average Bonchev–Trinajstić information content (AvgIpc) is 2.13. The lowest BCUT2D eigenvalue weighted by molar-refractivity contribution is -0.147. The molecule has 88 valence electrons. The molecule has 4 N–H and O–H groups in total. The predicted molar refractivity (Wildman–Crippen MR) is 57.3 cm³/mol. The largest absolute Gasteiger partial charge is 0.481 e. The number of carbonyl (C=O) groups is 2. The first-order valence-electron chi connectivity index (χ1n) is 4.85. The summed E-state index contributed by atoms with van der Waals surface area (Å²) in [4.78, 5) is 22.4. The predicted octanol–water partition coefficient (Wildman–Crippen LogP) is 0.198. The molecule has 0 aromatic carbocycles. The van der Waals surface area contributed by atoms with E-state index in [4.69, 9.17) is 10.8 Å². The second-order valence-corrected chi connectivity index (χ2v) is 4.96. The summed E-state index contributed by atoms with van der Waals surface area (Å²) in [5.74, 6) is -1.16. The van der Waals surface area contributed by atoms with Gasteiger partial charge in [-0.3, -0.25) is 9.59 Å². The van der Waals surface area contributed by atoms with Crippen molar-refractivity contribution in [1.29, 1.82) is 0 Å². The summed E-state index contributed by atoms with van der Waals surface area (Å²) in [5.41, 5.74) is 3.81. The monoisotopic (exact) mass is 216 g/mol. The van der Waals surface area contributed by atoms with Gasteiger partial charge >= 0.3 is 5.97 Å². The molecule has 0 atom stereocenters. The Morgan fingerprint density at radius 3 is 2.00 bits per heavy atom. The number of rotatable bonds is 5. The maximum Gasteiger partial charge on any atom is 0.310 e. The molecule has 0 fully saturated rings. The fourth-order valence-electron chi connectivity index (χ4n) is 0.709. The first-order chi connectivity index (χ1) is 6.63. The summed E-state index contributed by atoms with van der Waals surface area (Å²) in [6.07, 6.45) is 0. The van der Waals surface area contributed by atoms with Gasteiger partial charge in [0.05, 0.1) is 10.8 Å². The van der Waals surface area contributed by atoms with Crippen LogP contribution in [-0.4, -0.2) is 30.1 Å². The lowest BCUT2D eigenvalue weighted by Crippen LogP contribution is -2.46. The van der Waals surface area contributed by atoms with Crippen LogP contribution in [0.5, 0.6) is 0 Å². The molecule has 5 heteroatoms. The summed E-state index contributed by atoms with van der Waals surface area (Å²) in [7, 11) is 0. The van der Waals surface area contributed by atoms with Crippen LogP contribution in [0.4, 0.5) is 0 Å². The normalized spacial score (nSPS) is 12.3. The molecule has 0 bridgehead atoms. The van der Waals surface area contributed by atoms with Crippen molar-refractivity contribution >= 4 is 11.9 Å². The molecule has 0 aromatic heterocycles. The highest BCUT2D eigenvalue weighted by Gasteiger charge is 2.31. The van der Waals surface area contributed by atoms with Crippen molar-refractivity contribution < 1.29 is 14.7 Å². The molecule has 1 amide bonds. The molecule has 5 nitrogen and oxygen atoms in total. The average molecular weight is 216 g/mol. The van der Waals surface area contributed by atoms with Gasteiger partial charge in [0.25, 0.3) is 0 Å². The van der Waals surface area contributed by atoms with Crippen LogP contribution in [0.1, 0.15) is 27.7 Å². The Balaban J connectivity index is 4.30. The van der Waals surface area contributed by atoms with Crippen LogP contribution in [0, 0.1) is 10.8 Å². The van der Waals surface area contributed by atoms with Gasteiger partial charge in [0.15, 0.2) is 0 Å². The molecule has 15 heavy (non-hydrogen) atoms. The van der Waals surface area contributed by atoms with Gasteiger partial charge in [0, 0.05) is 13.1 Å². The molecule has 0 aliphatic carbocycles. The Morgan fingerprint density at radius 1 is 1.20 bits per heavy atom. The second-order valence-electron chi connectivity index (χ2n) is 4.96. The van der Waals surface area contributed by atoms with Crippen LogP contribution in [0.3, 0.4) is 0 Å². The lowest BCUT2D eigenvalue weighted by atomic mass is 9.90. The van der Waals surface area contributed by atoms with E-state index in [-0.39, 0.29) is 19.0 Å². The number of amides is 1. The van der Waals surface area contributed by atoms with Crippen molar-refractivity contribution in [3.05, 3.63) is 0 Å². The molecule has 0 rings (SSSR count). The minimum Gasteiger partial charge on any atom is -0.481 e. The summed E-state index contributed by atoms with van der Waals surface area (Å²) in [6.45, 7) is 6.89. The van der Waals surface area contributed by atoms with E-state index < -0.39 is 16.8 Å². The maximum atomic E-state index is 11.6. The molecular weight excluding hydrogens is 196 g/mol. The zero-order valence-electron chi connectivity index (χ0n) is 9.76. The fraction of sp³-hybridized carbons (Fsp3) is 0.800. The van der Waals surface area contributed by atoms with Crippen molar-refractivity contribution in [2.45, 2.75) is 27.7 Å². The summed E-state index contributed by atoms with van der Waals surface area (Å²) < 4.78 is 0. The van der Waals surface area contributed by atoms with Gasteiger partial charge in [0.1, 0.15) is 0 Å². The number of carbonyl (C=O) groups excluding carboxylic acids is 1. The van der Waals surface area contributed by atoms with E-state index in [1.165, 1.54) is 0 Å². The van der Waals surface area contributed by atoms with Crippen molar-refractivity contribution in [2.75, 3.05) is 13.1 Å². The topological polar surface area (TPSA) is 92.4 Å². The van der Waals surface area contributed by atoms with Gasteiger partial charge in [-0.15, -0.1) is 0 Å². The Kier molecular flexibility index (Phi) is 4.27. The van der Waals surface area contributed by atoms with Gasteiger partial charge < -0.3 is 16.2 Å². The zero-order chi connectivity index (χ0) is 12.3. The lowest BCUT2D eigenvalue weighted by Gasteiger charge is -2.25. The SMILES string of the molecule is CC(C)(CNC(=O)C(C)(C)CN)C(=O)O. The highest BCUT2D eigenvalue weighted by Crippen LogP contribution is 2.16. The summed E-state index contributed by atoms with van der Waals surface area (Å²) in [5, 5.41) is 11.4. The molecule has 0 radical (unpaired) electrons. The molecule has 0 unspecified atom stereocenters. The Bertz CT molecular complexity index is 259. The number of carboxylic acids is 1. The highest BCUT2D eigenvalue weighted by atomic mass is 16.4. The van der Waals surface area contributed by atoms with Crippen molar-refractivity contribution in [3.8, 4) is 0 Å². The van der Waals surface area contributed by atoms with Crippen LogP contribution in [0.2, 0.25) is 0 Å². The van der Waals surface area contributed by atoms with E-state index in [2.05, 4.69) is 5.32 Å². The molecule has 0 saturated carbocycles. The highest BCUT2D eigenvalue weighted by molar-refractivity contribution is 5.83. The number of hydrogen-bond acceptors (Lipinski definition) is 3. The van der Waals surface area contributed by atoms with E-state index in [9.17, 15) is 9.59 Å². The zero-order valence-corrected chi connectivity index (χ0v) is 9.76. The van der Waals surface area contributed by atoms with Gasteiger partial charge in [-0.2, -0.15) is 0 Å². The van der Waals surface area contributed by atoms with Crippen LogP contribution in [-0.2, 0) is 9.59 Å². The summed E-state index contributed by atoms with van der Waals surface area (Å²) >= 11 is 0. The number of carboxylic acid groups (broad SMARTS) is 1. The third kappa shape index (κ3) is 3.87. The Hall–Kier alpha value is -1.10. The minimum atomic E-state index is -0.958. The third-order valence-electron chi connectivity index (χ3n) is 2.39. The molecule has 0 aromatic rings. The summed E-state index contributed by atoms with van der Waals surface area (Å²) in [6, 6.07) is 0. The van der Waals surface area contributed by atoms with Gasteiger partial charge in [-0.25, -0.2) is 0 Å². The molecular formula is C10H20N2O3. The van der Waals surface area contributed by atoms with Gasteiger partial charge in [-0.05, 0) is 27.7 Å². The van der Waals surface area contributed by atoms with Crippen LogP contribution >= 0.6 is 0 Å². The van der Waals surface area contributed by atoms with Crippen LogP contribution in [0.15, 0.2) is 0 Å². The Morgan fingerprint density at radius 2 is 1.67 bits per heavy atom. The van der Waals surface area contributed by atoms with Gasteiger partial charge in [-0.1, -0.05) is 0 Å². The van der Waals surface area contributed by atoms with E-state index in [1.54, 1.807) is 27.7 Å². The van der Waals surface area contributed by atoms with Crippen molar-refractivity contribution in [1.82, 2.24) is 5.32 Å². The number of aliphatic carboxylic acids is 1. The first kappa shape index (κ1) is 13.9. The fourth-order valence-corrected chi connectivity index (χ4v) is 0.709. The molecule has 0 saturated heterocycles. The third-order valence-corrected chi connectivity index (χ3v) is 2.39. The number of hydrogen-bond donors (Lipinski definition) is 3. The van der Waals surface area contributed by atoms with Gasteiger partial charge in [0.2, 0.25) is 5.91 Å². The van der Waals surface area contributed by atoms with Crippen LogP contribution < -0.4 is 11.1 Å². The molecule has 0 heterocycles. The standard InChI is InChI=1S/C10H20N2O3/c1-9(2,5-11)7(13)12-6-10(3,4)8(14)15/h5-6,11H2,1-4H3,(H,12,13)(H,14,15). The quantitative estimate of drug-likeness (QED) is 0.612. The molecule has 0 aliphatic heterocycles. The van der Waals surface area contributed by atoms with Crippen molar-refractivity contribution in [3.63, 3.8) is 0 Å². The van der Waals surface area contributed by atoms with E-state index >= 15 is 0 Å². The minimum absolute atomic E-state index is 0.102. The Labute approximate surface area is 90.0 Å². The smallest absolute Gasteiger partial charge is 0.310 e. The number of nitrogens with two attached hydrogens (primary N) is 1. The van der Waals surface area contributed by atoms with E-state index in [0.717, 1.165) is 0 Å². The van der Waals surface area contributed by atoms with Crippen LogP contribution in [0.25, 0.3) is 0 Å². The molecule has 0 aliphatic rings. The molecule has 0 spiro atoms. The number of nitrogens with one attached hydrogen (secondary N) is 1. The second kappa shape index (κ2) is 4.61. The maximum absolute atomic E-state index is 11.6. The van der Waals surface area contributed by atoms with Crippen molar-refractivity contribution in [2.24, 2.45) is 16.6 Å². The first-order valence-corrected chi connectivity index (χ1v) is 4.85. The van der Waals surface area contributed by atoms with E-state index in [0.29, 0.717) is 0 Å². The van der Waals surface area contributed by atoms with E-state index in [1.807, 2.05) is 0 Å².